The topological polar surface area (TPSA) is 90.7 Å². The predicted molar refractivity (Wildman–Crippen MR) is 77.0 cm³/mol. The number of oxazole rings is 1. The summed E-state index contributed by atoms with van der Waals surface area (Å²) >= 11 is 5.70. The van der Waals surface area contributed by atoms with Crippen LogP contribution in [0.3, 0.4) is 0 Å². The lowest BCUT2D eigenvalue weighted by atomic mass is 10.2. The minimum absolute atomic E-state index is 0.0349. The second-order valence-electron chi connectivity index (χ2n) is 4.27. The number of hydrogen-bond donors (Lipinski definition) is 1. The van der Waals surface area contributed by atoms with Gasteiger partial charge in [0.2, 0.25) is 5.89 Å². The first-order chi connectivity index (χ1) is 11.0. The Balaban J connectivity index is 2.09. The van der Waals surface area contributed by atoms with E-state index in [4.69, 9.17) is 20.8 Å². The summed E-state index contributed by atoms with van der Waals surface area (Å²) in [5.74, 6) is -1.97. The molecule has 0 atom stereocenters. The normalized spacial score (nSPS) is 10.3. The van der Waals surface area contributed by atoms with Gasteiger partial charge >= 0.3 is 5.97 Å². The van der Waals surface area contributed by atoms with Crippen molar-refractivity contribution in [3.05, 3.63) is 46.4 Å². The molecule has 0 fully saturated rings. The van der Waals surface area contributed by atoms with Crippen molar-refractivity contribution in [3.8, 4) is 5.75 Å². The highest BCUT2D eigenvalue weighted by molar-refractivity contribution is 6.31. The van der Waals surface area contributed by atoms with Crippen LogP contribution in [0.5, 0.6) is 5.75 Å². The highest BCUT2D eigenvalue weighted by Gasteiger charge is 2.18. The molecule has 9 heteroatoms. The number of methoxy groups -OCH3 is 2. The number of ether oxygens (including phenoxy) is 2. The number of amides is 1. The van der Waals surface area contributed by atoms with Crippen LogP contribution in [0.15, 0.2) is 22.8 Å². The van der Waals surface area contributed by atoms with Crippen molar-refractivity contribution in [1.29, 1.82) is 0 Å². The Morgan fingerprint density at radius 2 is 2.13 bits per heavy atom. The number of esters is 1. The van der Waals surface area contributed by atoms with Gasteiger partial charge in [0.05, 0.1) is 31.4 Å². The molecule has 0 radical (unpaired) electrons. The van der Waals surface area contributed by atoms with Crippen LogP contribution in [-0.4, -0.2) is 31.1 Å². The fraction of sp³-hybridized carbons (Fsp3) is 0.214. The first-order valence-corrected chi connectivity index (χ1v) is 6.68. The van der Waals surface area contributed by atoms with Crippen molar-refractivity contribution >= 4 is 23.5 Å². The van der Waals surface area contributed by atoms with E-state index in [2.05, 4.69) is 15.0 Å². The van der Waals surface area contributed by atoms with Crippen LogP contribution >= 0.6 is 11.6 Å². The molecule has 0 bridgehead atoms. The average molecular weight is 343 g/mol. The first-order valence-electron chi connectivity index (χ1n) is 6.30. The Morgan fingerprint density at radius 3 is 2.78 bits per heavy atom. The number of halogens is 2. The Kier molecular flexibility index (Phi) is 5.17. The molecule has 0 unspecified atom stereocenters. The van der Waals surface area contributed by atoms with Gasteiger partial charge in [-0.15, -0.1) is 0 Å². The molecule has 1 aromatic carbocycles. The van der Waals surface area contributed by atoms with Gasteiger partial charge in [-0.05, 0) is 6.07 Å². The molecule has 0 saturated carbocycles. The van der Waals surface area contributed by atoms with Gasteiger partial charge < -0.3 is 19.2 Å². The van der Waals surface area contributed by atoms with Gasteiger partial charge in [0.1, 0.15) is 12.0 Å². The summed E-state index contributed by atoms with van der Waals surface area (Å²) in [7, 11) is 2.57. The first kappa shape index (κ1) is 16.8. The molecular weight excluding hydrogens is 331 g/mol. The van der Waals surface area contributed by atoms with E-state index in [1.165, 1.54) is 26.4 Å². The zero-order valence-electron chi connectivity index (χ0n) is 12.2. The van der Waals surface area contributed by atoms with Gasteiger partial charge in [0.25, 0.3) is 5.91 Å². The Labute approximate surface area is 135 Å². The zero-order chi connectivity index (χ0) is 17.0. The maximum atomic E-state index is 13.9. The molecule has 7 nitrogen and oxygen atoms in total. The van der Waals surface area contributed by atoms with Crippen molar-refractivity contribution in [3.63, 3.8) is 0 Å². The molecule has 1 amide bonds. The lowest BCUT2D eigenvalue weighted by molar-refractivity contribution is 0.0594. The van der Waals surface area contributed by atoms with Gasteiger partial charge in [-0.25, -0.2) is 14.2 Å². The molecule has 2 aromatic rings. The molecule has 2 rings (SSSR count). The summed E-state index contributed by atoms with van der Waals surface area (Å²) in [6.07, 6.45) is 1.09. The zero-order valence-corrected chi connectivity index (χ0v) is 12.9. The molecular formula is C14H12ClFN2O5. The van der Waals surface area contributed by atoms with E-state index in [1.54, 1.807) is 0 Å². The number of nitrogens with zero attached hydrogens (tertiary/aromatic N) is 1. The van der Waals surface area contributed by atoms with Crippen LogP contribution in [-0.2, 0) is 11.3 Å². The lowest BCUT2D eigenvalue weighted by Crippen LogP contribution is -2.24. The summed E-state index contributed by atoms with van der Waals surface area (Å²) in [4.78, 5) is 27.1. The maximum Gasteiger partial charge on any atom is 0.360 e. The van der Waals surface area contributed by atoms with Crippen LogP contribution in [0.25, 0.3) is 0 Å². The fourth-order valence-corrected chi connectivity index (χ4v) is 1.90. The van der Waals surface area contributed by atoms with E-state index in [0.717, 1.165) is 6.26 Å². The third kappa shape index (κ3) is 3.78. The van der Waals surface area contributed by atoms with E-state index in [9.17, 15) is 14.0 Å². The second-order valence-corrected chi connectivity index (χ2v) is 4.68. The third-order valence-corrected chi connectivity index (χ3v) is 3.10. The van der Waals surface area contributed by atoms with E-state index < -0.39 is 17.7 Å². The minimum atomic E-state index is -0.868. The third-order valence-electron chi connectivity index (χ3n) is 2.83. The molecule has 0 spiro atoms. The average Bonchev–Trinajstić information content (AvgIpc) is 3.03. The molecule has 0 aliphatic rings. The van der Waals surface area contributed by atoms with Gasteiger partial charge in [-0.1, -0.05) is 11.6 Å². The highest BCUT2D eigenvalue weighted by atomic mass is 35.5. The van der Waals surface area contributed by atoms with Crippen LogP contribution in [0.1, 0.15) is 26.7 Å². The van der Waals surface area contributed by atoms with E-state index in [-0.39, 0.29) is 34.5 Å². The number of carbonyl (C=O) groups excluding carboxylic acids is 2. The summed E-state index contributed by atoms with van der Waals surface area (Å²) in [6.45, 7) is -0.149. The summed E-state index contributed by atoms with van der Waals surface area (Å²) in [5, 5.41) is 2.17. The van der Waals surface area contributed by atoms with Crippen LogP contribution in [0.4, 0.5) is 4.39 Å². The molecule has 23 heavy (non-hydrogen) atoms. The van der Waals surface area contributed by atoms with Crippen molar-refractivity contribution in [2.45, 2.75) is 6.54 Å². The fourth-order valence-electron chi connectivity index (χ4n) is 1.69. The smallest absolute Gasteiger partial charge is 0.360 e. The molecule has 1 aromatic heterocycles. The van der Waals surface area contributed by atoms with Gasteiger partial charge in [0.15, 0.2) is 11.5 Å². The molecule has 1 N–H and O–H groups in total. The monoisotopic (exact) mass is 342 g/mol. The van der Waals surface area contributed by atoms with Crippen molar-refractivity contribution in [2.75, 3.05) is 14.2 Å². The van der Waals surface area contributed by atoms with Gasteiger partial charge in [0, 0.05) is 6.07 Å². The maximum absolute atomic E-state index is 13.9. The van der Waals surface area contributed by atoms with Crippen LogP contribution in [0, 0.1) is 5.82 Å². The Hall–Kier alpha value is -2.61. The van der Waals surface area contributed by atoms with E-state index in [0.29, 0.717) is 0 Å². The Morgan fingerprint density at radius 1 is 1.39 bits per heavy atom. The number of aromatic nitrogens is 1. The van der Waals surface area contributed by atoms with E-state index >= 15 is 0 Å². The number of rotatable bonds is 5. The van der Waals surface area contributed by atoms with Crippen molar-refractivity contribution in [1.82, 2.24) is 10.3 Å². The van der Waals surface area contributed by atoms with Crippen molar-refractivity contribution in [2.24, 2.45) is 0 Å². The summed E-state index contributed by atoms with van der Waals surface area (Å²) in [5.41, 5.74) is -0.318. The number of benzene rings is 1. The highest BCUT2D eigenvalue weighted by Crippen LogP contribution is 2.25. The Bertz CT molecular complexity index is 747. The molecule has 0 aliphatic carbocycles. The van der Waals surface area contributed by atoms with Crippen molar-refractivity contribution < 1.29 is 27.9 Å². The SMILES string of the molecule is COC(=O)c1coc(CNC(=O)c2cc(OC)cc(Cl)c2F)n1. The van der Waals surface area contributed by atoms with Gasteiger partial charge in [-0.2, -0.15) is 0 Å². The molecule has 122 valence electrons. The van der Waals surface area contributed by atoms with Gasteiger partial charge in [-0.3, -0.25) is 4.79 Å². The molecule has 0 aliphatic heterocycles. The second kappa shape index (κ2) is 7.10. The number of hydrogen-bond acceptors (Lipinski definition) is 6. The predicted octanol–water partition coefficient (Wildman–Crippen LogP) is 2.19. The lowest BCUT2D eigenvalue weighted by Gasteiger charge is -2.08. The van der Waals surface area contributed by atoms with E-state index in [1.807, 2.05) is 0 Å². The largest absolute Gasteiger partial charge is 0.497 e. The van der Waals surface area contributed by atoms with Crippen LogP contribution in [0.2, 0.25) is 5.02 Å². The quantitative estimate of drug-likeness (QED) is 0.838. The summed E-state index contributed by atoms with van der Waals surface area (Å²) < 4.78 is 28.3. The minimum Gasteiger partial charge on any atom is -0.497 e. The molecule has 0 saturated heterocycles. The van der Waals surface area contributed by atoms with Crippen LogP contribution < -0.4 is 10.1 Å². The number of nitrogens with one attached hydrogen (secondary N) is 1. The number of carbonyl (C=O) groups is 2. The summed E-state index contributed by atoms with van der Waals surface area (Å²) in [6, 6.07) is 2.47. The molecule has 1 heterocycles. The standard InChI is InChI=1S/C14H12ClFN2O5/c1-21-7-3-8(12(16)9(15)4-7)13(19)17-5-11-18-10(6-23-11)14(20)22-2/h3-4,6H,5H2,1-2H3,(H,17,19).